The number of benzene rings is 4. The predicted octanol–water partition coefficient (Wildman–Crippen LogP) is 3.25. The second-order valence-electron chi connectivity index (χ2n) is 6.56. The van der Waals surface area contributed by atoms with E-state index in [2.05, 4.69) is 10.2 Å². The zero-order valence-corrected chi connectivity index (χ0v) is 22.2. The Balaban J connectivity index is 0.00000289. The van der Waals surface area contributed by atoms with E-state index in [0.29, 0.717) is 5.69 Å². The Morgan fingerprint density at radius 2 is 1.47 bits per heavy atom. The summed E-state index contributed by atoms with van der Waals surface area (Å²) < 4.78 is 66.8. The van der Waals surface area contributed by atoms with Gasteiger partial charge in [0.05, 0.1) is 21.2 Å². The van der Waals surface area contributed by atoms with Crippen LogP contribution in [0.5, 0.6) is 5.75 Å². The van der Waals surface area contributed by atoms with Gasteiger partial charge in [-0.05, 0) is 35.0 Å². The largest absolute Gasteiger partial charge is 2.00 e. The molecule has 0 bridgehead atoms. The maximum absolute atomic E-state index is 12.7. The first-order valence-electron chi connectivity index (χ1n) is 8.66. The van der Waals surface area contributed by atoms with Gasteiger partial charge < -0.3 is 9.66 Å². The molecule has 9 nitrogen and oxygen atoms in total. The van der Waals surface area contributed by atoms with Crippen LogP contribution in [0.2, 0.25) is 0 Å². The maximum Gasteiger partial charge on any atom is 2.00 e. The Labute approximate surface area is 223 Å². The van der Waals surface area contributed by atoms with Gasteiger partial charge >= 0.3 is 48.9 Å². The summed E-state index contributed by atoms with van der Waals surface area (Å²) in [5.41, 5.74) is -0.0189. The molecular formula is C20H12BaN2O7S2. The van der Waals surface area contributed by atoms with Crippen LogP contribution in [-0.2, 0) is 20.2 Å². The zero-order valence-electron chi connectivity index (χ0n) is 16.2. The van der Waals surface area contributed by atoms with Crippen molar-refractivity contribution < 1.29 is 31.0 Å². The first-order valence-corrected chi connectivity index (χ1v) is 11.5. The summed E-state index contributed by atoms with van der Waals surface area (Å²) in [5, 5.41) is 22.3. The number of nitrogens with zero attached hydrogens (tertiary/aromatic N) is 2. The summed E-state index contributed by atoms with van der Waals surface area (Å²) in [4.78, 5) is -1.64. The molecule has 158 valence electrons. The fourth-order valence-electron chi connectivity index (χ4n) is 3.17. The molecule has 0 aliphatic heterocycles. The van der Waals surface area contributed by atoms with Gasteiger partial charge in [-0.1, -0.05) is 48.2 Å². The van der Waals surface area contributed by atoms with Crippen LogP contribution in [0.25, 0.3) is 21.5 Å². The van der Waals surface area contributed by atoms with Crippen molar-refractivity contribution in [2.24, 2.45) is 10.2 Å². The average Bonchev–Trinajstić information content (AvgIpc) is 2.71. The van der Waals surface area contributed by atoms with Crippen LogP contribution in [0.1, 0.15) is 0 Å². The molecule has 0 spiro atoms. The van der Waals surface area contributed by atoms with Crippen LogP contribution >= 0.6 is 0 Å². The molecular weight excluding hydrogens is 582 g/mol. The van der Waals surface area contributed by atoms with Gasteiger partial charge in [0, 0.05) is 10.8 Å². The normalized spacial score (nSPS) is 12.3. The van der Waals surface area contributed by atoms with Crippen molar-refractivity contribution in [2.75, 3.05) is 0 Å². The third kappa shape index (κ3) is 4.90. The molecule has 0 amide bonds. The van der Waals surface area contributed by atoms with Crippen LogP contribution in [0.4, 0.5) is 11.4 Å². The minimum absolute atomic E-state index is 0. The van der Waals surface area contributed by atoms with Crippen LogP contribution in [-0.4, -0.2) is 74.8 Å². The van der Waals surface area contributed by atoms with Gasteiger partial charge in [-0.2, -0.15) is 13.5 Å². The van der Waals surface area contributed by atoms with Crippen molar-refractivity contribution in [3.63, 3.8) is 0 Å². The van der Waals surface area contributed by atoms with E-state index in [9.17, 15) is 31.0 Å². The smallest absolute Gasteiger partial charge is 0.870 e. The number of azo groups is 1. The fraction of sp³-hybridized carbons (Fsp3) is 0. The Bertz CT molecular complexity index is 1600. The average molecular weight is 594 g/mol. The minimum atomic E-state index is -4.96. The molecule has 4 aromatic carbocycles. The van der Waals surface area contributed by atoms with Gasteiger partial charge in [-0.15, -0.1) is 5.11 Å². The molecule has 12 heteroatoms. The number of fused-ring (bicyclic) bond motifs is 2. The van der Waals surface area contributed by atoms with Crippen LogP contribution in [0.3, 0.4) is 0 Å². The molecule has 0 saturated carbocycles. The quantitative estimate of drug-likeness (QED) is 0.216. The van der Waals surface area contributed by atoms with Crippen molar-refractivity contribution in [1.29, 1.82) is 0 Å². The Morgan fingerprint density at radius 3 is 2.16 bits per heavy atom. The van der Waals surface area contributed by atoms with Crippen molar-refractivity contribution in [2.45, 2.75) is 9.79 Å². The van der Waals surface area contributed by atoms with Gasteiger partial charge in [-0.25, -0.2) is 8.42 Å². The van der Waals surface area contributed by atoms with E-state index >= 15 is 0 Å². The molecule has 0 atom stereocenters. The summed E-state index contributed by atoms with van der Waals surface area (Å²) in [7, 11) is -9.79. The van der Waals surface area contributed by atoms with Gasteiger partial charge in [0.15, 0.2) is 0 Å². The summed E-state index contributed by atoms with van der Waals surface area (Å²) in [5.74, 6) is -1.11. The molecule has 0 aliphatic rings. The monoisotopic (exact) mass is 594 g/mol. The summed E-state index contributed by atoms with van der Waals surface area (Å²) >= 11 is 0. The van der Waals surface area contributed by atoms with E-state index in [1.165, 1.54) is 0 Å². The summed E-state index contributed by atoms with van der Waals surface area (Å²) in [6.07, 6.45) is 0. The van der Waals surface area contributed by atoms with Gasteiger partial charge in [0.1, 0.15) is 10.1 Å². The van der Waals surface area contributed by atoms with Crippen LogP contribution in [0.15, 0.2) is 86.7 Å². The molecule has 0 heterocycles. The van der Waals surface area contributed by atoms with E-state index in [4.69, 9.17) is 0 Å². The fourth-order valence-corrected chi connectivity index (χ4v) is 4.28. The molecule has 32 heavy (non-hydrogen) atoms. The second-order valence-corrected chi connectivity index (χ2v) is 9.33. The van der Waals surface area contributed by atoms with Crippen molar-refractivity contribution in [1.82, 2.24) is 0 Å². The minimum Gasteiger partial charge on any atom is -0.870 e. The third-order valence-corrected chi connectivity index (χ3v) is 6.28. The molecule has 0 fully saturated rings. The first-order chi connectivity index (χ1) is 14.6. The van der Waals surface area contributed by atoms with Gasteiger partial charge in [0.2, 0.25) is 0 Å². The van der Waals surface area contributed by atoms with E-state index in [0.717, 1.165) is 35.0 Å². The zero-order chi connectivity index (χ0) is 22.4. The predicted molar refractivity (Wildman–Crippen MR) is 115 cm³/mol. The molecule has 0 radical (unpaired) electrons. The third-order valence-electron chi connectivity index (χ3n) is 4.59. The summed E-state index contributed by atoms with van der Waals surface area (Å²) in [6, 6.07) is 16.3. The van der Waals surface area contributed by atoms with E-state index in [-0.39, 0.29) is 59.7 Å². The Hall–Kier alpha value is -1.81. The van der Waals surface area contributed by atoms with Crippen LogP contribution in [0, 0.1) is 0 Å². The maximum atomic E-state index is 12.7. The van der Waals surface area contributed by atoms with Gasteiger partial charge in [0.25, 0.3) is 10.1 Å². The number of rotatable bonds is 4. The molecule has 0 aliphatic carbocycles. The Morgan fingerprint density at radius 1 is 0.781 bits per heavy atom. The topological polar surface area (TPSA) is 159 Å². The SMILES string of the molecule is O=S(=O)([O-])c1ccc2c(N=Nc3cccc4ccccc34)c([O-])c(S(=O)(=O)O)cc2c1.[Ba+2]. The van der Waals surface area contributed by atoms with Crippen molar-refractivity contribution in [3.8, 4) is 5.75 Å². The van der Waals surface area contributed by atoms with E-state index in [1.54, 1.807) is 24.3 Å². The molecule has 0 saturated heterocycles. The molecule has 0 aromatic heterocycles. The number of hydrogen-bond donors (Lipinski definition) is 1. The van der Waals surface area contributed by atoms with Crippen LogP contribution < -0.4 is 5.11 Å². The first kappa shape index (κ1) is 24.8. The van der Waals surface area contributed by atoms with E-state index < -0.39 is 41.5 Å². The molecule has 4 rings (SSSR count). The number of hydrogen-bond acceptors (Lipinski definition) is 8. The van der Waals surface area contributed by atoms with Crippen molar-refractivity contribution in [3.05, 3.63) is 66.7 Å². The molecule has 1 N–H and O–H groups in total. The second kappa shape index (κ2) is 9.21. The van der Waals surface area contributed by atoms with E-state index in [1.807, 2.05) is 18.2 Å². The standard InChI is InChI=1S/C20H14N2O7S2.Ba/c23-20-18(31(27,28)29)11-13-10-14(30(24,25)26)8-9-16(13)19(20)22-21-17-7-3-5-12-4-1-2-6-15(12)17;/h1-11,23H,(H,24,25,26)(H,27,28,29);/q;+2/p-2. The molecule has 0 unspecified atom stereocenters. The van der Waals surface area contributed by atoms with Crippen molar-refractivity contribution >= 4 is 102 Å². The summed E-state index contributed by atoms with van der Waals surface area (Å²) in [6.45, 7) is 0. The Kier molecular flexibility index (Phi) is 7.14. The van der Waals surface area contributed by atoms with Gasteiger partial charge in [-0.3, -0.25) is 4.55 Å². The molecule has 4 aromatic rings.